The number of benzene rings is 2. The molecule has 0 atom stereocenters. The number of nitrogen functional groups attached to an aromatic ring is 1. The van der Waals surface area contributed by atoms with Crippen molar-refractivity contribution in [3.63, 3.8) is 0 Å². The molecule has 2 aromatic heterocycles. The second-order valence-corrected chi connectivity index (χ2v) is 6.91. The van der Waals surface area contributed by atoms with E-state index in [1.54, 1.807) is 12.4 Å². The smallest absolute Gasteiger partial charge is 0.181 e. The number of fused-ring (bicyclic) bond motifs is 1. The zero-order chi connectivity index (χ0) is 17.9. The Bertz CT molecular complexity index is 1050. The number of aliphatic hydroxyl groups excluding tert-OH is 1. The molecule has 130 valence electrons. The van der Waals surface area contributed by atoms with E-state index in [2.05, 4.69) is 26.3 Å². The van der Waals surface area contributed by atoms with Gasteiger partial charge >= 0.3 is 0 Å². The number of thiazole rings is 1. The fourth-order valence-corrected chi connectivity index (χ4v) is 3.46. The molecular weight excluding hydrogens is 346 g/mol. The van der Waals surface area contributed by atoms with Crippen molar-refractivity contribution in [2.75, 3.05) is 11.1 Å². The molecule has 0 saturated carbocycles. The van der Waals surface area contributed by atoms with Crippen LogP contribution in [-0.2, 0) is 13.2 Å². The van der Waals surface area contributed by atoms with Gasteiger partial charge in [-0.05, 0) is 23.3 Å². The van der Waals surface area contributed by atoms with Crippen molar-refractivity contribution >= 4 is 32.5 Å². The highest BCUT2D eigenvalue weighted by Gasteiger charge is 2.05. The number of hydrogen-bond donors (Lipinski definition) is 3. The summed E-state index contributed by atoms with van der Waals surface area (Å²) in [5, 5.41) is 13.0. The number of aromatic nitrogens is 3. The third-order valence-corrected chi connectivity index (χ3v) is 4.86. The Morgan fingerprint density at radius 3 is 2.62 bits per heavy atom. The molecular formula is C19H17N5OS. The van der Waals surface area contributed by atoms with Crippen LogP contribution in [0, 0.1) is 0 Å². The van der Waals surface area contributed by atoms with Gasteiger partial charge in [0.25, 0.3) is 0 Å². The molecule has 0 fully saturated rings. The second kappa shape index (κ2) is 7.07. The first kappa shape index (κ1) is 16.4. The van der Waals surface area contributed by atoms with E-state index in [9.17, 15) is 0 Å². The van der Waals surface area contributed by atoms with Gasteiger partial charge in [-0.25, -0.2) is 9.97 Å². The second-order valence-electron chi connectivity index (χ2n) is 5.85. The molecule has 0 bridgehead atoms. The van der Waals surface area contributed by atoms with Crippen LogP contribution in [0.4, 0.5) is 10.9 Å². The lowest BCUT2D eigenvalue weighted by atomic mass is 10.1. The largest absolute Gasteiger partial charge is 0.392 e. The molecule has 0 aliphatic heterocycles. The predicted molar refractivity (Wildman–Crippen MR) is 105 cm³/mol. The van der Waals surface area contributed by atoms with Crippen LogP contribution in [0.1, 0.15) is 11.1 Å². The van der Waals surface area contributed by atoms with Gasteiger partial charge < -0.3 is 16.2 Å². The Balaban J connectivity index is 1.50. The van der Waals surface area contributed by atoms with Crippen LogP contribution in [0.15, 0.2) is 54.9 Å². The molecule has 0 spiro atoms. The SMILES string of the molecule is Nc1nc2ccc(CNc3cncc(-c4ccc(CO)cc4)n3)cc2s1. The summed E-state index contributed by atoms with van der Waals surface area (Å²) >= 11 is 1.48. The summed E-state index contributed by atoms with van der Waals surface area (Å²) in [7, 11) is 0. The van der Waals surface area contributed by atoms with E-state index in [1.165, 1.54) is 11.3 Å². The maximum absolute atomic E-state index is 9.14. The zero-order valence-electron chi connectivity index (χ0n) is 13.9. The van der Waals surface area contributed by atoms with Crippen LogP contribution in [0.3, 0.4) is 0 Å². The number of nitrogens with one attached hydrogen (secondary N) is 1. The Labute approximate surface area is 154 Å². The lowest BCUT2D eigenvalue weighted by Gasteiger charge is -2.08. The highest BCUT2D eigenvalue weighted by molar-refractivity contribution is 7.22. The summed E-state index contributed by atoms with van der Waals surface area (Å²) in [6.07, 6.45) is 3.43. The number of nitrogens with two attached hydrogens (primary N) is 1. The molecule has 0 aliphatic carbocycles. The number of nitrogens with zero attached hydrogens (tertiary/aromatic N) is 3. The standard InChI is InChI=1S/C19H17N5OS/c20-19-24-15-6-3-13(7-17(15)26-19)8-22-18-10-21-9-16(23-18)14-4-1-12(11-25)2-5-14/h1-7,9-10,25H,8,11H2,(H2,20,24)(H,22,23). The van der Waals surface area contributed by atoms with Crippen LogP contribution in [0.5, 0.6) is 0 Å². The molecule has 6 nitrogen and oxygen atoms in total. The van der Waals surface area contributed by atoms with Gasteiger partial charge in [-0.15, -0.1) is 0 Å². The number of hydrogen-bond acceptors (Lipinski definition) is 7. The highest BCUT2D eigenvalue weighted by atomic mass is 32.1. The average molecular weight is 363 g/mol. The van der Waals surface area contributed by atoms with Gasteiger partial charge in [-0.3, -0.25) is 4.98 Å². The molecule has 4 rings (SSSR count). The lowest BCUT2D eigenvalue weighted by Crippen LogP contribution is -2.02. The average Bonchev–Trinajstić information content (AvgIpc) is 3.06. The van der Waals surface area contributed by atoms with Crippen LogP contribution in [0.2, 0.25) is 0 Å². The molecule has 2 heterocycles. The Kier molecular flexibility index (Phi) is 4.47. The van der Waals surface area contributed by atoms with Crippen molar-refractivity contribution < 1.29 is 5.11 Å². The molecule has 0 saturated heterocycles. The molecule has 0 aliphatic rings. The summed E-state index contributed by atoms with van der Waals surface area (Å²) in [6, 6.07) is 13.7. The molecule has 7 heteroatoms. The highest BCUT2D eigenvalue weighted by Crippen LogP contribution is 2.25. The predicted octanol–water partition coefficient (Wildman–Crippen LogP) is 3.44. The molecule has 2 aromatic carbocycles. The molecule has 4 N–H and O–H groups in total. The molecule has 26 heavy (non-hydrogen) atoms. The van der Waals surface area contributed by atoms with Gasteiger partial charge in [0.05, 0.1) is 34.9 Å². The van der Waals surface area contributed by atoms with Gasteiger partial charge in [-0.2, -0.15) is 0 Å². The fraction of sp³-hybridized carbons (Fsp3) is 0.105. The van der Waals surface area contributed by atoms with Crippen molar-refractivity contribution in [2.45, 2.75) is 13.2 Å². The number of rotatable bonds is 5. The van der Waals surface area contributed by atoms with E-state index in [0.717, 1.165) is 32.6 Å². The molecule has 0 amide bonds. The topological polar surface area (TPSA) is 97.0 Å². The van der Waals surface area contributed by atoms with Gasteiger partial charge in [0.15, 0.2) is 5.13 Å². The normalized spacial score (nSPS) is 11.0. The minimum atomic E-state index is 0.0311. The maximum atomic E-state index is 9.14. The molecule has 0 radical (unpaired) electrons. The minimum Gasteiger partial charge on any atom is -0.392 e. The zero-order valence-corrected chi connectivity index (χ0v) is 14.7. The summed E-state index contributed by atoms with van der Waals surface area (Å²) in [6.45, 7) is 0.665. The van der Waals surface area contributed by atoms with Crippen LogP contribution in [0.25, 0.3) is 21.5 Å². The van der Waals surface area contributed by atoms with Gasteiger partial charge in [0, 0.05) is 12.1 Å². The van der Waals surface area contributed by atoms with Crippen molar-refractivity contribution in [1.82, 2.24) is 15.0 Å². The first-order valence-electron chi connectivity index (χ1n) is 8.12. The van der Waals surface area contributed by atoms with Gasteiger partial charge in [0.1, 0.15) is 5.82 Å². The van der Waals surface area contributed by atoms with Crippen LogP contribution in [-0.4, -0.2) is 20.1 Å². The number of anilines is 2. The molecule has 0 unspecified atom stereocenters. The van der Waals surface area contributed by atoms with E-state index in [4.69, 9.17) is 10.8 Å². The molecule has 4 aromatic rings. The van der Waals surface area contributed by atoms with Crippen molar-refractivity contribution in [2.24, 2.45) is 0 Å². The summed E-state index contributed by atoms with van der Waals surface area (Å²) in [4.78, 5) is 13.2. The minimum absolute atomic E-state index is 0.0311. The Hall–Kier alpha value is -3.03. The van der Waals surface area contributed by atoms with E-state index >= 15 is 0 Å². The van der Waals surface area contributed by atoms with E-state index in [1.807, 2.05) is 36.4 Å². The monoisotopic (exact) mass is 363 g/mol. The first-order chi connectivity index (χ1) is 12.7. The maximum Gasteiger partial charge on any atom is 0.181 e. The van der Waals surface area contributed by atoms with E-state index in [-0.39, 0.29) is 6.61 Å². The lowest BCUT2D eigenvalue weighted by molar-refractivity contribution is 0.282. The van der Waals surface area contributed by atoms with Crippen LogP contribution >= 0.6 is 11.3 Å². The van der Waals surface area contributed by atoms with Gasteiger partial charge in [-0.1, -0.05) is 41.7 Å². The third kappa shape index (κ3) is 3.49. The summed E-state index contributed by atoms with van der Waals surface area (Å²) in [5.74, 6) is 0.706. The first-order valence-corrected chi connectivity index (χ1v) is 8.94. The van der Waals surface area contributed by atoms with Crippen molar-refractivity contribution in [3.05, 3.63) is 66.0 Å². The van der Waals surface area contributed by atoms with Crippen molar-refractivity contribution in [1.29, 1.82) is 0 Å². The quantitative estimate of drug-likeness (QED) is 0.502. The van der Waals surface area contributed by atoms with E-state index in [0.29, 0.717) is 17.5 Å². The van der Waals surface area contributed by atoms with Crippen molar-refractivity contribution in [3.8, 4) is 11.3 Å². The van der Waals surface area contributed by atoms with Crippen LogP contribution < -0.4 is 11.1 Å². The summed E-state index contributed by atoms with van der Waals surface area (Å²) < 4.78 is 1.07. The Morgan fingerprint density at radius 2 is 1.81 bits per heavy atom. The Morgan fingerprint density at radius 1 is 1.00 bits per heavy atom. The van der Waals surface area contributed by atoms with Gasteiger partial charge in [0.2, 0.25) is 0 Å². The third-order valence-electron chi connectivity index (χ3n) is 4.01. The summed E-state index contributed by atoms with van der Waals surface area (Å²) in [5.41, 5.74) is 10.4. The number of aliphatic hydroxyl groups is 1. The fourth-order valence-electron chi connectivity index (χ4n) is 2.66. The van der Waals surface area contributed by atoms with E-state index < -0.39 is 0 Å².